The van der Waals surface area contributed by atoms with E-state index in [9.17, 15) is 4.79 Å². The van der Waals surface area contributed by atoms with Gasteiger partial charge in [0.1, 0.15) is 0 Å². The molecule has 1 aromatic rings. The molecule has 0 aliphatic carbocycles. The molecular weight excluding hydrogens is 230 g/mol. The molecule has 0 aliphatic heterocycles. The third-order valence-electron chi connectivity index (χ3n) is 2.78. The number of benzene rings is 1. The van der Waals surface area contributed by atoms with Crippen LogP contribution in [0, 0.1) is 5.92 Å². The summed E-state index contributed by atoms with van der Waals surface area (Å²) >= 11 is 0. The lowest BCUT2D eigenvalue weighted by atomic mass is 9.95. The quantitative estimate of drug-likeness (QED) is 0.365. The Bertz CT molecular complexity index is 401. The van der Waals surface area contributed by atoms with Gasteiger partial charge in [-0.3, -0.25) is 4.79 Å². The van der Waals surface area contributed by atoms with Gasteiger partial charge in [-0.2, -0.15) is 0 Å². The molecule has 0 heterocycles. The number of nitrogens with zero attached hydrogens (tertiary/aromatic N) is 1. The molecule has 18 heavy (non-hydrogen) atoms. The number of rotatable bonds is 6. The molecule has 0 spiro atoms. The van der Waals surface area contributed by atoms with E-state index in [2.05, 4.69) is 5.16 Å². The maximum absolute atomic E-state index is 11.7. The highest BCUT2D eigenvalue weighted by Crippen LogP contribution is 2.15. The van der Waals surface area contributed by atoms with Crippen molar-refractivity contribution in [2.75, 3.05) is 6.61 Å². The number of ether oxygens (including phenoxy) is 1. The number of hydrogen-bond donors (Lipinski definition) is 1. The molecule has 1 N–H and O–H groups in total. The van der Waals surface area contributed by atoms with Gasteiger partial charge >= 0.3 is 5.97 Å². The van der Waals surface area contributed by atoms with Crippen LogP contribution in [0.4, 0.5) is 0 Å². The van der Waals surface area contributed by atoms with E-state index < -0.39 is 0 Å². The van der Waals surface area contributed by atoms with Gasteiger partial charge in [0.05, 0.1) is 18.2 Å². The lowest BCUT2D eigenvalue weighted by Gasteiger charge is -2.14. The second kappa shape index (κ2) is 7.48. The van der Waals surface area contributed by atoms with E-state index in [0.717, 1.165) is 5.56 Å². The predicted molar refractivity (Wildman–Crippen MR) is 69.8 cm³/mol. The fraction of sp³-hybridized carbons (Fsp3) is 0.429. The average Bonchev–Trinajstić information content (AvgIpc) is 2.41. The summed E-state index contributed by atoms with van der Waals surface area (Å²) < 4.78 is 5.00. The lowest BCUT2D eigenvalue weighted by molar-refractivity contribution is -0.147. The fourth-order valence-corrected chi connectivity index (χ4v) is 1.73. The van der Waals surface area contributed by atoms with E-state index in [0.29, 0.717) is 25.2 Å². The zero-order valence-corrected chi connectivity index (χ0v) is 10.8. The molecule has 4 heteroatoms. The number of esters is 1. The van der Waals surface area contributed by atoms with E-state index in [1.807, 2.05) is 37.3 Å². The lowest BCUT2D eigenvalue weighted by Crippen LogP contribution is -2.21. The highest BCUT2D eigenvalue weighted by atomic mass is 16.5. The van der Waals surface area contributed by atoms with Crippen molar-refractivity contribution in [3.8, 4) is 0 Å². The monoisotopic (exact) mass is 249 g/mol. The third-order valence-corrected chi connectivity index (χ3v) is 2.78. The minimum Gasteiger partial charge on any atom is -0.466 e. The Kier molecular flexibility index (Phi) is 5.91. The van der Waals surface area contributed by atoms with Gasteiger partial charge in [0, 0.05) is 6.42 Å². The van der Waals surface area contributed by atoms with Crippen LogP contribution in [0.15, 0.2) is 35.5 Å². The second-order valence-electron chi connectivity index (χ2n) is 3.97. The first-order valence-corrected chi connectivity index (χ1v) is 6.15. The Hall–Kier alpha value is -1.84. The minimum atomic E-state index is -0.268. The molecule has 0 bridgehead atoms. The van der Waals surface area contributed by atoms with Gasteiger partial charge in [0.2, 0.25) is 0 Å². The zero-order chi connectivity index (χ0) is 13.4. The Morgan fingerprint density at radius 2 is 2.00 bits per heavy atom. The summed E-state index contributed by atoms with van der Waals surface area (Å²) in [6.07, 6.45) is 1.04. The van der Waals surface area contributed by atoms with Gasteiger partial charge in [-0.1, -0.05) is 42.4 Å². The standard InChI is InChI=1S/C14H19NO3/c1-3-11(14(16)18-4-2)10-13(15-17)12-8-6-5-7-9-12/h5-9,11,17H,3-4,10H2,1-2H3/b15-13-. The van der Waals surface area contributed by atoms with Gasteiger partial charge in [-0.05, 0) is 18.9 Å². The van der Waals surface area contributed by atoms with Crippen LogP contribution < -0.4 is 0 Å². The van der Waals surface area contributed by atoms with E-state index >= 15 is 0 Å². The Labute approximate surface area is 107 Å². The van der Waals surface area contributed by atoms with Crippen molar-refractivity contribution in [3.05, 3.63) is 35.9 Å². The topological polar surface area (TPSA) is 58.9 Å². The van der Waals surface area contributed by atoms with Gasteiger partial charge < -0.3 is 9.94 Å². The fourth-order valence-electron chi connectivity index (χ4n) is 1.73. The van der Waals surface area contributed by atoms with Crippen LogP contribution in [0.5, 0.6) is 0 Å². The molecule has 1 unspecified atom stereocenters. The first-order valence-electron chi connectivity index (χ1n) is 6.15. The summed E-state index contributed by atoms with van der Waals surface area (Å²) in [5.74, 6) is -0.506. The molecule has 0 fully saturated rings. The molecule has 1 rings (SSSR count). The molecule has 1 atom stereocenters. The Morgan fingerprint density at radius 1 is 1.33 bits per heavy atom. The highest BCUT2D eigenvalue weighted by molar-refractivity contribution is 6.01. The van der Waals surface area contributed by atoms with E-state index in [1.54, 1.807) is 6.92 Å². The predicted octanol–water partition coefficient (Wildman–Crippen LogP) is 2.84. The van der Waals surface area contributed by atoms with Gasteiger partial charge in [0.25, 0.3) is 0 Å². The van der Waals surface area contributed by atoms with Crippen LogP contribution in [-0.2, 0) is 9.53 Å². The van der Waals surface area contributed by atoms with E-state index in [1.165, 1.54) is 0 Å². The highest BCUT2D eigenvalue weighted by Gasteiger charge is 2.21. The summed E-state index contributed by atoms with van der Waals surface area (Å²) in [5, 5.41) is 12.4. The second-order valence-corrected chi connectivity index (χ2v) is 3.97. The molecule has 4 nitrogen and oxygen atoms in total. The summed E-state index contributed by atoms with van der Waals surface area (Å²) in [4.78, 5) is 11.7. The number of hydrogen-bond acceptors (Lipinski definition) is 4. The number of carbonyl (C=O) groups excluding carboxylic acids is 1. The van der Waals surface area contributed by atoms with Crippen molar-refractivity contribution in [1.82, 2.24) is 0 Å². The van der Waals surface area contributed by atoms with Crippen LogP contribution in [0.25, 0.3) is 0 Å². The van der Waals surface area contributed by atoms with E-state index in [-0.39, 0.29) is 11.9 Å². The van der Waals surface area contributed by atoms with Crippen molar-refractivity contribution in [2.24, 2.45) is 11.1 Å². The molecule has 0 saturated heterocycles. The summed E-state index contributed by atoms with van der Waals surface area (Å²) in [6, 6.07) is 9.33. The normalized spacial score (nSPS) is 13.1. The molecule has 98 valence electrons. The molecule has 0 aromatic heterocycles. The van der Waals surface area contributed by atoms with Crippen molar-refractivity contribution in [2.45, 2.75) is 26.7 Å². The maximum atomic E-state index is 11.7. The number of oxime groups is 1. The van der Waals surface area contributed by atoms with Crippen LogP contribution >= 0.6 is 0 Å². The van der Waals surface area contributed by atoms with Crippen LogP contribution in [0.3, 0.4) is 0 Å². The molecule has 1 aromatic carbocycles. The first-order chi connectivity index (χ1) is 8.72. The van der Waals surface area contributed by atoms with Crippen LogP contribution in [-0.4, -0.2) is 23.5 Å². The Balaban J connectivity index is 2.77. The minimum absolute atomic E-state index is 0.239. The third kappa shape index (κ3) is 3.87. The van der Waals surface area contributed by atoms with Crippen molar-refractivity contribution < 1.29 is 14.7 Å². The largest absolute Gasteiger partial charge is 0.466 e. The Morgan fingerprint density at radius 3 is 2.50 bits per heavy atom. The summed E-state index contributed by atoms with van der Waals surface area (Å²) in [7, 11) is 0. The summed E-state index contributed by atoms with van der Waals surface area (Å²) in [6.45, 7) is 4.07. The molecule has 0 saturated carbocycles. The first kappa shape index (κ1) is 14.2. The number of carbonyl (C=O) groups is 1. The summed E-state index contributed by atoms with van der Waals surface area (Å²) in [5.41, 5.74) is 1.33. The molecule has 0 radical (unpaired) electrons. The van der Waals surface area contributed by atoms with Crippen molar-refractivity contribution in [3.63, 3.8) is 0 Å². The van der Waals surface area contributed by atoms with Crippen LogP contribution in [0.1, 0.15) is 32.3 Å². The van der Waals surface area contributed by atoms with Gasteiger partial charge in [0.15, 0.2) is 0 Å². The smallest absolute Gasteiger partial charge is 0.309 e. The SMILES string of the molecule is CCOC(=O)C(CC)C/C(=N/O)c1ccccc1. The van der Waals surface area contributed by atoms with Crippen molar-refractivity contribution >= 4 is 11.7 Å². The molecule has 0 aliphatic rings. The van der Waals surface area contributed by atoms with E-state index in [4.69, 9.17) is 9.94 Å². The molecular formula is C14H19NO3. The van der Waals surface area contributed by atoms with Gasteiger partial charge in [-0.25, -0.2) is 0 Å². The van der Waals surface area contributed by atoms with Gasteiger partial charge in [-0.15, -0.1) is 0 Å². The maximum Gasteiger partial charge on any atom is 0.309 e. The molecule has 0 amide bonds. The average molecular weight is 249 g/mol. The van der Waals surface area contributed by atoms with Crippen molar-refractivity contribution in [1.29, 1.82) is 0 Å². The van der Waals surface area contributed by atoms with Crippen LogP contribution in [0.2, 0.25) is 0 Å². The zero-order valence-electron chi connectivity index (χ0n) is 10.8.